The van der Waals surface area contributed by atoms with Crippen molar-refractivity contribution in [3.8, 4) is 22.6 Å². The summed E-state index contributed by atoms with van der Waals surface area (Å²) < 4.78 is 6.22. The second-order valence-electron chi connectivity index (χ2n) is 11.4. The number of benzene rings is 6. The van der Waals surface area contributed by atoms with Crippen molar-refractivity contribution in [2.75, 3.05) is 5.43 Å². The number of fused-ring (bicyclic) bond motifs is 7. The van der Waals surface area contributed by atoms with E-state index in [9.17, 15) is 0 Å². The van der Waals surface area contributed by atoms with Gasteiger partial charge in [-0.2, -0.15) is 5.10 Å². The fourth-order valence-corrected chi connectivity index (χ4v) is 6.32. The Morgan fingerprint density at radius 2 is 1.37 bits per heavy atom. The molecule has 216 valence electrons. The van der Waals surface area contributed by atoms with Gasteiger partial charge in [-0.1, -0.05) is 91.0 Å². The molecule has 8 aromatic rings. The molecule has 9 rings (SSSR count). The fourth-order valence-electron chi connectivity index (χ4n) is 6.32. The SMILES string of the molecule is N=C1C=Cc2ccc3cc(-c4nc(-c5ccc6c(c5)oc5ccccc56)c5ccccc5n4)ccc3c2/C1=N/Nc1ccccc1. The number of anilines is 1. The summed E-state index contributed by atoms with van der Waals surface area (Å²) in [5.74, 6) is 0.644. The Labute approximate surface area is 263 Å². The van der Waals surface area contributed by atoms with Crippen molar-refractivity contribution in [1.82, 2.24) is 9.97 Å². The van der Waals surface area contributed by atoms with Gasteiger partial charge < -0.3 is 4.42 Å². The topological polar surface area (TPSA) is 87.2 Å². The van der Waals surface area contributed by atoms with Crippen LogP contribution in [0.15, 0.2) is 143 Å². The van der Waals surface area contributed by atoms with Crippen molar-refractivity contribution in [2.24, 2.45) is 5.10 Å². The van der Waals surface area contributed by atoms with Crippen molar-refractivity contribution in [1.29, 1.82) is 5.41 Å². The Morgan fingerprint density at radius 3 is 2.28 bits per heavy atom. The maximum atomic E-state index is 8.67. The number of hydrogen-bond donors (Lipinski definition) is 2. The predicted octanol–water partition coefficient (Wildman–Crippen LogP) is 9.88. The molecule has 0 bridgehead atoms. The number of hydrazone groups is 1. The first-order valence-corrected chi connectivity index (χ1v) is 15.1. The highest BCUT2D eigenvalue weighted by Crippen LogP contribution is 2.36. The van der Waals surface area contributed by atoms with Gasteiger partial charge in [-0.15, -0.1) is 0 Å². The summed E-state index contributed by atoms with van der Waals surface area (Å²) in [5.41, 5.74) is 12.2. The van der Waals surface area contributed by atoms with Gasteiger partial charge >= 0.3 is 0 Å². The Bertz CT molecular complexity index is 2580. The van der Waals surface area contributed by atoms with E-state index < -0.39 is 0 Å². The number of allylic oxidation sites excluding steroid dienone is 1. The average Bonchev–Trinajstić information content (AvgIpc) is 3.49. The number of nitrogens with one attached hydrogen (secondary N) is 2. The molecule has 0 saturated heterocycles. The van der Waals surface area contributed by atoms with Crippen LogP contribution in [0, 0.1) is 5.41 Å². The van der Waals surface area contributed by atoms with Crippen molar-refractivity contribution in [3.63, 3.8) is 0 Å². The maximum absolute atomic E-state index is 8.67. The normalized spacial score (nSPS) is 13.7. The molecule has 6 nitrogen and oxygen atoms in total. The summed E-state index contributed by atoms with van der Waals surface area (Å²) in [6.45, 7) is 0. The van der Waals surface area contributed by atoms with Crippen molar-refractivity contribution in [2.45, 2.75) is 0 Å². The molecule has 46 heavy (non-hydrogen) atoms. The molecular weight excluding hydrogens is 566 g/mol. The number of para-hydroxylation sites is 3. The monoisotopic (exact) mass is 591 g/mol. The van der Waals surface area contributed by atoms with Crippen molar-refractivity contribution in [3.05, 3.63) is 145 Å². The van der Waals surface area contributed by atoms with Gasteiger partial charge in [0.25, 0.3) is 0 Å². The number of furan rings is 1. The molecule has 1 aliphatic rings. The molecule has 0 amide bonds. The molecule has 1 aliphatic carbocycles. The predicted molar refractivity (Wildman–Crippen MR) is 189 cm³/mol. The summed E-state index contributed by atoms with van der Waals surface area (Å²) in [6, 6.07) is 42.8. The molecule has 2 heterocycles. The first-order chi connectivity index (χ1) is 22.7. The summed E-state index contributed by atoms with van der Waals surface area (Å²) in [5, 5.41) is 18.6. The molecule has 6 aromatic carbocycles. The molecule has 0 atom stereocenters. The Morgan fingerprint density at radius 1 is 0.609 bits per heavy atom. The van der Waals surface area contributed by atoms with Gasteiger partial charge in [-0.05, 0) is 64.9 Å². The van der Waals surface area contributed by atoms with Gasteiger partial charge in [-0.3, -0.25) is 10.8 Å². The zero-order chi connectivity index (χ0) is 30.6. The lowest BCUT2D eigenvalue weighted by molar-refractivity contribution is 0.669. The highest BCUT2D eigenvalue weighted by Gasteiger charge is 2.21. The fraction of sp³-hybridized carbons (Fsp3) is 0. The van der Waals surface area contributed by atoms with E-state index >= 15 is 0 Å². The van der Waals surface area contributed by atoms with Gasteiger partial charge in [0.2, 0.25) is 0 Å². The van der Waals surface area contributed by atoms with E-state index in [0.717, 1.165) is 77.2 Å². The second-order valence-corrected chi connectivity index (χ2v) is 11.4. The zero-order valence-electron chi connectivity index (χ0n) is 24.5. The number of nitrogens with zero attached hydrogens (tertiary/aromatic N) is 3. The van der Waals surface area contributed by atoms with Gasteiger partial charge in [0, 0.05) is 32.8 Å². The average molecular weight is 592 g/mol. The van der Waals surface area contributed by atoms with Gasteiger partial charge in [-0.25, -0.2) is 9.97 Å². The third-order valence-electron chi connectivity index (χ3n) is 8.56. The summed E-state index contributed by atoms with van der Waals surface area (Å²) >= 11 is 0. The number of hydrogen-bond acceptors (Lipinski definition) is 6. The third-order valence-corrected chi connectivity index (χ3v) is 8.56. The van der Waals surface area contributed by atoms with Crippen LogP contribution in [0.4, 0.5) is 5.69 Å². The van der Waals surface area contributed by atoms with Gasteiger partial charge in [0.15, 0.2) is 5.82 Å². The van der Waals surface area contributed by atoms with Crippen LogP contribution >= 0.6 is 0 Å². The van der Waals surface area contributed by atoms with E-state index in [1.807, 2.05) is 72.8 Å². The highest BCUT2D eigenvalue weighted by atomic mass is 16.3. The minimum absolute atomic E-state index is 0.358. The molecule has 0 radical (unpaired) electrons. The smallest absolute Gasteiger partial charge is 0.160 e. The first-order valence-electron chi connectivity index (χ1n) is 15.1. The van der Waals surface area contributed by atoms with E-state index in [-0.39, 0.29) is 0 Å². The van der Waals surface area contributed by atoms with Crippen LogP contribution in [0.5, 0.6) is 0 Å². The molecule has 6 heteroatoms. The van der Waals surface area contributed by atoms with Crippen LogP contribution in [0.25, 0.3) is 72.3 Å². The minimum Gasteiger partial charge on any atom is -0.456 e. The minimum atomic E-state index is 0.358. The number of aromatic nitrogens is 2. The lowest BCUT2D eigenvalue weighted by Crippen LogP contribution is -2.19. The van der Waals surface area contributed by atoms with E-state index in [0.29, 0.717) is 17.2 Å². The quantitative estimate of drug-likeness (QED) is 0.199. The molecule has 2 aromatic heterocycles. The second kappa shape index (κ2) is 10.4. The van der Waals surface area contributed by atoms with Gasteiger partial charge in [0.1, 0.15) is 16.9 Å². The molecule has 0 aliphatic heterocycles. The summed E-state index contributed by atoms with van der Waals surface area (Å²) in [6.07, 6.45) is 3.77. The Kier molecular flexibility index (Phi) is 5.86. The first kappa shape index (κ1) is 26.0. The summed E-state index contributed by atoms with van der Waals surface area (Å²) in [7, 11) is 0. The number of rotatable bonds is 4. The van der Waals surface area contributed by atoms with Crippen LogP contribution < -0.4 is 5.43 Å². The van der Waals surface area contributed by atoms with Crippen molar-refractivity contribution >= 4 is 66.8 Å². The van der Waals surface area contributed by atoms with E-state index in [1.54, 1.807) is 6.08 Å². The van der Waals surface area contributed by atoms with Crippen LogP contribution in [-0.2, 0) is 0 Å². The van der Waals surface area contributed by atoms with Crippen LogP contribution in [-0.4, -0.2) is 21.4 Å². The summed E-state index contributed by atoms with van der Waals surface area (Å²) in [4.78, 5) is 10.2. The standard InChI is InChI=1S/C40H25N5O/c41-33-21-18-24-14-15-25-22-27(17-19-29(25)37(24)39(33)45-44-28-8-2-1-3-9-28)40-42-34-12-6-4-11-32(34)38(43-40)26-16-20-31-30-10-5-7-13-35(30)46-36(31)23-26/h1-23,41,44H/b41-33?,45-39+. The van der Waals surface area contributed by atoms with Crippen LogP contribution in [0.1, 0.15) is 11.1 Å². The molecule has 2 N–H and O–H groups in total. The van der Waals surface area contributed by atoms with Crippen molar-refractivity contribution < 1.29 is 4.42 Å². The Balaban J connectivity index is 1.17. The molecule has 0 saturated carbocycles. The largest absolute Gasteiger partial charge is 0.456 e. The molecule has 0 spiro atoms. The molecule has 0 fully saturated rings. The molecular formula is C40H25N5O. The lowest BCUT2D eigenvalue weighted by Gasteiger charge is -2.17. The van der Waals surface area contributed by atoms with Crippen LogP contribution in [0.3, 0.4) is 0 Å². The lowest BCUT2D eigenvalue weighted by atomic mass is 9.89. The van der Waals surface area contributed by atoms with E-state index in [4.69, 9.17) is 19.8 Å². The highest BCUT2D eigenvalue weighted by molar-refractivity contribution is 6.55. The zero-order valence-corrected chi connectivity index (χ0v) is 24.5. The van der Waals surface area contributed by atoms with E-state index in [1.165, 1.54) is 0 Å². The Hall–Kier alpha value is -6.40. The maximum Gasteiger partial charge on any atom is 0.160 e. The molecule has 0 unspecified atom stereocenters. The van der Waals surface area contributed by atoms with Gasteiger partial charge in [0.05, 0.1) is 22.6 Å². The third kappa shape index (κ3) is 4.27. The van der Waals surface area contributed by atoms with Crippen LogP contribution in [0.2, 0.25) is 0 Å². The van der Waals surface area contributed by atoms with E-state index in [2.05, 4.69) is 71.2 Å².